The van der Waals surface area contributed by atoms with Crippen LogP contribution in [0.1, 0.15) is 6.42 Å². The van der Waals surface area contributed by atoms with Crippen LogP contribution in [0.5, 0.6) is 0 Å². The summed E-state index contributed by atoms with van der Waals surface area (Å²) in [6.45, 7) is 0.791. The standard InChI is InChI=1S/C7H11N/c8-6-5-7-3-1-2-4-7/h1-4,7H,5-6,8H2. The van der Waals surface area contributed by atoms with E-state index < -0.39 is 0 Å². The van der Waals surface area contributed by atoms with E-state index in [9.17, 15) is 0 Å². The normalized spacial score (nSPS) is 18.1. The van der Waals surface area contributed by atoms with Gasteiger partial charge in [-0.25, -0.2) is 0 Å². The molecule has 0 saturated carbocycles. The molecule has 8 heavy (non-hydrogen) atoms. The van der Waals surface area contributed by atoms with Crippen LogP contribution < -0.4 is 5.73 Å². The van der Waals surface area contributed by atoms with Crippen molar-refractivity contribution in [2.75, 3.05) is 6.54 Å². The van der Waals surface area contributed by atoms with Crippen LogP contribution in [0.2, 0.25) is 0 Å². The van der Waals surface area contributed by atoms with E-state index >= 15 is 0 Å². The lowest BCUT2D eigenvalue weighted by molar-refractivity contribution is 0.727. The number of hydrogen-bond donors (Lipinski definition) is 1. The van der Waals surface area contributed by atoms with Gasteiger partial charge in [-0.05, 0) is 18.9 Å². The molecule has 1 rings (SSSR count). The lowest BCUT2D eigenvalue weighted by atomic mass is 10.1. The molecule has 1 heteroatoms. The van der Waals surface area contributed by atoms with Gasteiger partial charge in [-0.3, -0.25) is 0 Å². The van der Waals surface area contributed by atoms with E-state index in [1.165, 1.54) is 0 Å². The monoisotopic (exact) mass is 109 g/mol. The molecule has 0 atom stereocenters. The summed E-state index contributed by atoms with van der Waals surface area (Å²) in [4.78, 5) is 0. The molecule has 1 aliphatic rings. The summed E-state index contributed by atoms with van der Waals surface area (Å²) >= 11 is 0. The van der Waals surface area contributed by atoms with E-state index in [2.05, 4.69) is 24.3 Å². The fraction of sp³-hybridized carbons (Fsp3) is 0.429. The Kier molecular flexibility index (Phi) is 1.86. The van der Waals surface area contributed by atoms with Gasteiger partial charge in [0.05, 0.1) is 0 Å². The van der Waals surface area contributed by atoms with Gasteiger partial charge in [0.25, 0.3) is 0 Å². The SMILES string of the molecule is NCCC1C=CC=C1. The Morgan fingerprint density at radius 2 is 1.88 bits per heavy atom. The number of hydrogen-bond acceptors (Lipinski definition) is 1. The van der Waals surface area contributed by atoms with Gasteiger partial charge in [-0.2, -0.15) is 0 Å². The molecule has 0 aliphatic heterocycles. The molecule has 0 unspecified atom stereocenters. The van der Waals surface area contributed by atoms with Crippen molar-refractivity contribution in [1.29, 1.82) is 0 Å². The highest BCUT2D eigenvalue weighted by atomic mass is 14.5. The van der Waals surface area contributed by atoms with Crippen LogP contribution in [0, 0.1) is 5.92 Å². The molecule has 0 radical (unpaired) electrons. The lowest BCUT2D eigenvalue weighted by Gasteiger charge is -1.98. The second kappa shape index (κ2) is 2.68. The summed E-state index contributed by atoms with van der Waals surface area (Å²) in [6, 6.07) is 0. The van der Waals surface area contributed by atoms with E-state index in [0.29, 0.717) is 5.92 Å². The predicted octanol–water partition coefficient (Wildman–Crippen LogP) is 1.08. The maximum Gasteiger partial charge on any atom is -0.00353 e. The Labute approximate surface area is 49.9 Å². The number of allylic oxidation sites excluding steroid dienone is 4. The van der Waals surface area contributed by atoms with E-state index in [4.69, 9.17) is 5.73 Å². The van der Waals surface area contributed by atoms with Crippen molar-refractivity contribution < 1.29 is 0 Å². The van der Waals surface area contributed by atoms with Crippen molar-refractivity contribution in [3.05, 3.63) is 24.3 Å². The zero-order valence-corrected chi connectivity index (χ0v) is 4.88. The minimum Gasteiger partial charge on any atom is -0.330 e. The van der Waals surface area contributed by atoms with Crippen molar-refractivity contribution in [3.63, 3.8) is 0 Å². The van der Waals surface area contributed by atoms with Crippen LogP contribution in [0.3, 0.4) is 0 Å². The van der Waals surface area contributed by atoms with Crippen molar-refractivity contribution in [2.24, 2.45) is 11.7 Å². The topological polar surface area (TPSA) is 26.0 Å². The molecule has 0 saturated heterocycles. The van der Waals surface area contributed by atoms with Crippen molar-refractivity contribution >= 4 is 0 Å². The molecule has 0 heterocycles. The summed E-state index contributed by atoms with van der Waals surface area (Å²) in [5.74, 6) is 0.625. The molecule has 0 aromatic heterocycles. The Balaban J connectivity index is 2.27. The molecular formula is C7H11N. The summed E-state index contributed by atoms with van der Waals surface area (Å²) in [6.07, 6.45) is 9.58. The summed E-state index contributed by atoms with van der Waals surface area (Å²) in [5, 5.41) is 0. The van der Waals surface area contributed by atoms with Crippen molar-refractivity contribution in [3.8, 4) is 0 Å². The van der Waals surface area contributed by atoms with Gasteiger partial charge in [0.2, 0.25) is 0 Å². The summed E-state index contributed by atoms with van der Waals surface area (Å²) in [5.41, 5.74) is 5.34. The van der Waals surface area contributed by atoms with Gasteiger partial charge >= 0.3 is 0 Å². The van der Waals surface area contributed by atoms with E-state index in [1.54, 1.807) is 0 Å². The van der Waals surface area contributed by atoms with Crippen LogP contribution in [0.15, 0.2) is 24.3 Å². The Morgan fingerprint density at radius 1 is 1.25 bits per heavy atom. The zero-order chi connectivity index (χ0) is 5.82. The number of nitrogens with two attached hydrogens (primary N) is 1. The minimum absolute atomic E-state index is 0.625. The molecule has 1 aliphatic carbocycles. The van der Waals surface area contributed by atoms with Crippen LogP contribution >= 0.6 is 0 Å². The van der Waals surface area contributed by atoms with Crippen LogP contribution in [-0.4, -0.2) is 6.54 Å². The first-order chi connectivity index (χ1) is 3.93. The first-order valence-electron chi connectivity index (χ1n) is 2.98. The van der Waals surface area contributed by atoms with Gasteiger partial charge in [-0.1, -0.05) is 24.3 Å². The largest absolute Gasteiger partial charge is 0.330 e. The van der Waals surface area contributed by atoms with Crippen LogP contribution in [-0.2, 0) is 0 Å². The third-order valence-corrected chi connectivity index (χ3v) is 1.33. The minimum atomic E-state index is 0.625. The summed E-state index contributed by atoms with van der Waals surface area (Å²) in [7, 11) is 0. The molecule has 0 spiro atoms. The van der Waals surface area contributed by atoms with E-state index in [1.807, 2.05) is 0 Å². The average molecular weight is 109 g/mol. The highest BCUT2D eigenvalue weighted by Gasteiger charge is 1.99. The van der Waals surface area contributed by atoms with Gasteiger partial charge < -0.3 is 5.73 Å². The maximum absolute atomic E-state index is 5.34. The fourth-order valence-corrected chi connectivity index (χ4v) is 0.863. The quantitative estimate of drug-likeness (QED) is 0.564. The first kappa shape index (κ1) is 5.57. The molecular weight excluding hydrogens is 98.1 g/mol. The van der Waals surface area contributed by atoms with Gasteiger partial charge in [0, 0.05) is 0 Å². The molecule has 44 valence electrons. The van der Waals surface area contributed by atoms with Crippen molar-refractivity contribution in [1.82, 2.24) is 0 Å². The van der Waals surface area contributed by atoms with Crippen LogP contribution in [0.25, 0.3) is 0 Å². The fourth-order valence-electron chi connectivity index (χ4n) is 0.863. The third-order valence-electron chi connectivity index (χ3n) is 1.33. The Morgan fingerprint density at radius 3 is 2.38 bits per heavy atom. The molecule has 1 nitrogen and oxygen atoms in total. The van der Waals surface area contributed by atoms with Gasteiger partial charge in [0.1, 0.15) is 0 Å². The Bertz CT molecular complexity index is 102. The van der Waals surface area contributed by atoms with Gasteiger partial charge in [0.15, 0.2) is 0 Å². The Hall–Kier alpha value is -0.560. The van der Waals surface area contributed by atoms with E-state index in [0.717, 1.165) is 13.0 Å². The molecule has 0 aromatic carbocycles. The maximum atomic E-state index is 5.34. The highest BCUT2D eigenvalue weighted by Crippen LogP contribution is 2.10. The van der Waals surface area contributed by atoms with Crippen molar-refractivity contribution in [2.45, 2.75) is 6.42 Å². The van der Waals surface area contributed by atoms with Crippen LogP contribution in [0.4, 0.5) is 0 Å². The third kappa shape index (κ3) is 1.20. The van der Waals surface area contributed by atoms with E-state index in [-0.39, 0.29) is 0 Å². The second-order valence-corrected chi connectivity index (χ2v) is 2.01. The second-order valence-electron chi connectivity index (χ2n) is 2.01. The molecule has 0 fully saturated rings. The smallest absolute Gasteiger partial charge is 0.00353 e. The first-order valence-corrected chi connectivity index (χ1v) is 2.98. The molecule has 2 N–H and O–H groups in total. The number of rotatable bonds is 2. The lowest BCUT2D eigenvalue weighted by Crippen LogP contribution is -2.02. The highest BCUT2D eigenvalue weighted by molar-refractivity contribution is 5.17. The average Bonchev–Trinajstić information content (AvgIpc) is 2.19. The predicted molar refractivity (Wildman–Crippen MR) is 35.4 cm³/mol. The summed E-state index contributed by atoms with van der Waals surface area (Å²) < 4.78 is 0. The molecule has 0 aromatic rings. The van der Waals surface area contributed by atoms with Gasteiger partial charge in [-0.15, -0.1) is 0 Å². The molecule has 0 bridgehead atoms. The molecule has 0 amide bonds. The zero-order valence-electron chi connectivity index (χ0n) is 4.88.